The fourth-order valence-electron chi connectivity index (χ4n) is 3.48. The van der Waals surface area contributed by atoms with Gasteiger partial charge in [0.15, 0.2) is 5.76 Å². The van der Waals surface area contributed by atoms with Crippen molar-refractivity contribution in [1.82, 2.24) is 4.90 Å². The minimum absolute atomic E-state index is 0.0896. The lowest BCUT2D eigenvalue weighted by molar-refractivity contribution is -0.155. The molecule has 1 amide bonds. The zero-order valence-electron chi connectivity index (χ0n) is 17.2. The van der Waals surface area contributed by atoms with E-state index in [1.54, 1.807) is 17.0 Å². The van der Waals surface area contributed by atoms with E-state index in [1.165, 1.54) is 7.11 Å². The molecule has 1 aromatic rings. The zero-order valence-corrected chi connectivity index (χ0v) is 17.2. The lowest BCUT2D eigenvalue weighted by atomic mass is 9.92. The van der Waals surface area contributed by atoms with Crippen LogP contribution in [0.15, 0.2) is 36.1 Å². The highest BCUT2D eigenvalue weighted by Crippen LogP contribution is 2.32. The molecule has 1 saturated heterocycles. The summed E-state index contributed by atoms with van der Waals surface area (Å²) in [6.07, 6.45) is 3.19. The molecule has 164 valence electrons. The van der Waals surface area contributed by atoms with E-state index in [2.05, 4.69) is 0 Å². The maximum atomic E-state index is 13.0. The van der Waals surface area contributed by atoms with E-state index in [0.717, 1.165) is 5.56 Å². The molecule has 0 spiro atoms. The summed E-state index contributed by atoms with van der Waals surface area (Å²) in [4.78, 5) is 26.4. The molecule has 30 heavy (non-hydrogen) atoms. The quantitative estimate of drug-likeness (QED) is 0.507. The maximum Gasteiger partial charge on any atom is 0.337 e. The number of carbonyl (C=O) groups excluding carboxylic acids is 2. The van der Waals surface area contributed by atoms with Crippen LogP contribution in [-0.2, 0) is 23.7 Å². The number of hydrogen-bond donors (Lipinski definition) is 1. The van der Waals surface area contributed by atoms with E-state index in [1.807, 2.05) is 18.2 Å². The van der Waals surface area contributed by atoms with Crippen LogP contribution in [0.1, 0.15) is 41.1 Å². The highest BCUT2D eigenvalue weighted by molar-refractivity contribution is 5.92. The lowest BCUT2D eigenvalue weighted by Gasteiger charge is -2.33. The van der Waals surface area contributed by atoms with Crippen LogP contribution in [0.3, 0.4) is 0 Å². The van der Waals surface area contributed by atoms with E-state index in [4.69, 9.17) is 24.1 Å². The molecule has 0 saturated carbocycles. The molecular formula is C22H29NO7. The number of ether oxygens (including phenoxy) is 4. The first kappa shape index (κ1) is 22.3. The molecule has 2 heterocycles. The topological polar surface area (TPSA) is 94.5 Å². The molecule has 8 nitrogen and oxygen atoms in total. The summed E-state index contributed by atoms with van der Waals surface area (Å²) < 4.78 is 21.8. The van der Waals surface area contributed by atoms with Gasteiger partial charge in [-0.15, -0.1) is 0 Å². The van der Waals surface area contributed by atoms with Crippen LogP contribution in [0.25, 0.3) is 0 Å². The summed E-state index contributed by atoms with van der Waals surface area (Å²) in [5, 5.41) is 8.94. The minimum Gasteiger partial charge on any atom is -0.465 e. The van der Waals surface area contributed by atoms with Crippen LogP contribution in [0.4, 0.5) is 0 Å². The molecule has 0 bridgehead atoms. The van der Waals surface area contributed by atoms with Crippen molar-refractivity contribution in [2.75, 3.05) is 46.6 Å². The summed E-state index contributed by atoms with van der Waals surface area (Å²) in [6, 6.07) is 7.15. The Labute approximate surface area is 176 Å². The van der Waals surface area contributed by atoms with Crippen LogP contribution in [0.5, 0.6) is 0 Å². The molecule has 2 unspecified atom stereocenters. The fraction of sp³-hybridized carbons (Fsp3) is 0.545. The van der Waals surface area contributed by atoms with Gasteiger partial charge in [-0.3, -0.25) is 4.79 Å². The molecule has 0 aromatic heterocycles. The Kier molecular flexibility index (Phi) is 8.24. The van der Waals surface area contributed by atoms with Crippen LogP contribution < -0.4 is 0 Å². The molecule has 1 aromatic carbocycles. The Bertz CT molecular complexity index is 740. The van der Waals surface area contributed by atoms with Crippen LogP contribution in [0.2, 0.25) is 0 Å². The summed E-state index contributed by atoms with van der Waals surface area (Å²) in [5.74, 6) is -0.374. The van der Waals surface area contributed by atoms with Crippen LogP contribution in [-0.4, -0.2) is 74.8 Å². The molecular weight excluding hydrogens is 390 g/mol. The van der Waals surface area contributed by atoms with Gasteiger partial charge in [0.1, 0.15) is 0 Å². The molecule has 8 heteroatoms. The normalized spacial score (nSPS) is 21.5. The second kappa shape index (κ2) is 11.1. The Balaban J connectivity index is 1.76. The van der Waals surface area contributed by atoms with E-state index in [0.29, 0.717) is 57.7 Å². The van der Waals surface area contributed by atoms with Gasteiger partial charge in [0.05, 0.1) is 32.5 Å². The van der Waals surface area contributed by atoms with Gasteiger partial charge in [0, 0.05) is 32.0 Å². The second-order valence-corrected chi connectivity index (χ2v) is 7.24. The van der Waals surface area contributed by atoms with Crippen molar-refractivity contribution in [3.63, 3.8) is 0 Å². The van der Waals surface area contributed by atoms with Crippen molar-refractivity contribution in [1.29, 1.82) is 0 Å². The molecule has 2 aliphatic heterocycles. The smallest absolute Gasteiger partial charge is 0.337 e. The van der Waals surface area contributed by atoms with Gasteiger partial charge >= 0.3 is 5.97 Å². The number of amides is 1. The molecule has 2 aliphatic rings. The number of methoxy groups -OCH3 is 1. The lowest BCUT2D eigenvalue weighted by Crippen LogP contribution is -2.43. The van der Waals surface area contributed by atoms with Gasteiger partial charge in [0.25, 0.3) is 5.91 Å². The predicted molar refractivity (Wildman–Crippen MR) is 108 cm³/mol. The summed E-state index contributed by atoms with van der Waals surface area (Å²) >= 11 is 0. The molecule has 2 atom stereocenters. The number of carbonyl (C=O) groups is 2. The van der Waals surface area contributed by atoms with Crippen molar-refractivity contribution in [2.45, 2.75) is 31.5 Å². The van der Waals surface area contributed by atoms with Crippen molar-refractivity contribution >= 4 is 11.9 Å². The van der Waals surface area contributed by atoms with Crippen molar-refractivity contribution < 1.29 is 33.6 Å². The van der Waals surface area contributed by atoms with Gasteiger partial charge < -0.3 is 29.0 Å². The van der Waals surface area contributed by atoms with Crippen molar-refractivity contribution in [3.8, 4) is 0 Å². The average Bonchev–Trinajstić information content (AvgIpc) is 2.81. The molecule has 1 N–H and O–H groups in total. The summed E-state index contributed by atoms with van der Waals surface area (Å²) in [5.41, 5.74) is 1.43. The Morgan fingerprint density at radius 2 is 1.90 bits per heavy atom. The van der Waals surface area contributed by atoms with Gasteiger partial charge in [-0.05, 0) is 36.6 Å². The molecule has 0 aliphatic carbocycles. The third kappa shape index (κ3) is 5.81. The van der Waals surface area contributed by atoms with E-state index in [9.17, 15) is 9.59 Å². The van der Waals surface area contributed by atoms with Gasteiger partial charge in [0.2, 0.25) is 6.29 Å². The number of aliphatic hydroxyl groups is 1. The molecule has 0 radical (unpaired) electrons. The molecule has 3 rings (SSSR count). The molecule has 1 fully saturated rings. The number of unbranched alkanes of at least 4 members (excludes halogenated alkanes) is 1. The number of aliphatic hydroxyl groups excluding tert-OH is 1. The van der Waals surface area contributed by atoms with Crippen molar-refractivity contribution in [2.24, 2.45) is 0 Å². The highest BCUT2D eigenvalue weighted by Gasteiger charge is 2.31. The fourth-order valence-corrected chi connectivity index (χ4v) is 3.48. The van der Waals surface area contributed by atoms with E-state index < -0.39 is 12.3 Å². The number of esters is 1. The summed E-state index contributed by atoms with van der Waals surface area (Å²) in [7, 11) is 1.35. The Morgan fingerprint density at radius 1 is 1.17 bits per heavy atom. The number of rotatable bonds is 8. The third-order valence-corrected chi connectivity index (χ3v) is 5.18. The first-order valence-corrected chi connectivity index (χ1v) is 10.3. The van der Waals surface area contributed by atoms with Gasteiger partial charge in [-0.2, -0.15) is 0 Å². The van der Waals surface area contributed by atoms with Gasteiger partial charge in [-0.1, -0.05) is 12.1 Å². The van der Waals surface area contributed by atoms with E-state index in [-0.39, 0.29) is 24.2 Å². The highest BCUT2D eigenvalue weighted by atomic mass is 16.7. The SMILES string of the molecule is COC(=O)c1ccc(C2C=C(C(=O)N3CCOCC3)OC(OCCCCO)C2)cc1. The second-order valence-electron chi connectivity index (χ2n) is 7.24. The number of allylic oxidation sites excluding steroid dienone is 1. The zero-order chi connectivity index (χ0) is 21.3. The van der Waals surface area contributed by atoms with Crippen molar-refractivity contribution in [3.05, 3.63) is 47.2 Å². The van der Waals surface area contributed by atoms with Crippen LogP contribution >= 0.6 is 0 Å². The minimum atomic E-state index is -0.557. The monoisotopic (exact) mass is 419 g/mol. The first-order valence-electron chi connectivity index (χ1n) is 10.3. The number of nitrogens with zero attached hydrogens (tertiary/aromatic N) is 1. The number of benzene rings is 1. The Hall–Kier alpha value is -2.42. The number of morpholine rings is 1. The first-order chi connectivity index (χ1) is 14.6. The average molecular weight is 419 g/mol. The largest absolute Gasteiger partial charge is 0.465 e. The number of hydrogen-bond acceptors (Lipinski definition) is 7. The Morgan fingerprint density at radius 3 is 2.57 bits per heavy atom. The summed E-state index contributed by atoms with van der Waals surface area (Å²) in [6.45, 7) is 2.64. The maximum absolute atomic E-state index is 13.0. The van der Waals surface area contributed by atoms with Crippen LogP contribution in [0, 0.1) is 0 Å². The third-order valence-electron chi connectivity index (χ3n) is 5.18. The standard InChI is InChI=1S/C22H29NO7/c1-27-22(26)17-6-4-16(5-7-17)18-14-19(21(25)23-8-12-28-13-9-23)30-20(15-18)29-11-3-2-10-24/h4-7,14,18,20,24H,2-3,8-13,15H2,1H3. The van der Waals surface area contributed by atoms with E-state index >= 15 is 0 Å². The van der Waals surface area contributed by atoms with Gasteiger partial charge in [-0.25, -0.2) is 4.79 Å². The predicted octanol–water partition coefficient (Wildman–Crippen LogP) is 1.83.